The van der Waals surface area contributed by atoms with Crippen LogP contribution in [0.4, 0.5) is 15.9 Å². The number of nitrogens with zero attached hydrogens (tertiary/aromatic N) is 1. The monoisotopic (exact) mass is 397 g/mol. The van der Waals surface area contributed by atoms with Gasteiger partial charge in [0.15, 0.2) is 0 Å². The van der Waals surface area contributed by atoms with Crippen molar-refractivity contribution >= 4 is 33.5 Å². The SMILES string of the molecule is O=C(C=Cc1ccccc1F)Nc1ccc(S(=O)(=O)Nc2ccccn2)cc1. The number of amides is 1. The lowest BCUT2D eigenvalue weighted by Gasteiger charge is -2.08. The standard InChI is InChI=1S/C20H16FN3O3S/c21-18-6-2-1-5-15(18)8-13-20(25)23-16-9-11-17(12-10-16)28(26,27)24-19-7-3-4-14-22-19/h1-14H,(H,22,24)(H,23,25). The fourth-order valence-corrected chi connectivity index (χ4v) is 3.31. The topological polar surface area (TPSA) is 88.2 Å². The van der Waals surface area contributed by atoms with Gasteiger partial charge < -0.3 is 5.32 Å². The van der Waals surface area contributed by atoms with E-state index < -0.39 is 21.7 Å². The summed E-state index contributed by atoms with van der Waals surface area (Å²) in [5, 5.41) is 2.58. The molecule has 3 rings (SSSR count). The third kappa shape index (κ3) is 5.01. The molecule has 142 valence electrons. The van der Waals surface area contributed by atoms with Gasteiger partial charge in [-0.05, 0) is 48.5 Å². The molecule has 8 heteroatoms. The van der Waals surface area contributed by atoms with Crippen molar-refractivity contribution in [3.63, 3.8) is 0 Å². The highest BCUT2D eigenvalue weighted by Gasteiger charge is 2.14. The van der Waals surface area contributed by atoms with E-state index in [9.17, 15) is 17.6 Å². The summed E-state index contributed by atoms with van der Waals surface area (Å²) in [6.45, 7) is 0. The van der Waals surface area contributed by atoms with Gasteiger partial charge in [-0.3, -0.25) is 9.52 Å². The number of nitrogens with one attached hydrogen (secondary N) is 2. The van der Waals surface area contributed by atoms with E-state index in [1.54, 1.807) is 30.3 Å². The first-order valence-electron chi connectivity index (χ1n) is 8.21. The van der Waals surface area contributed by atoms with Gasteiger partial charge in [-0.1, -0.05) is 24.3 Å². The predicted octanol–water partition coefficient (Wildman–Crippen LogP) is 3.67. The number of carbonyl (C=O) groups excluding carboxylic acids is 1. The van der Waals surface area contributed by atoms with Gasteiger partial charge in [0.25, 0.3) is 10.0 Å². The molecule has 0 fully saturated rings. The Kier molecular flexibility index (Phi) is 5.81. The molecule has 0 saturated carbocycles. The number of carbonyl (C=O) groups is 1. The lowest BCUT2D eigenvalue weighted by molar-refractivity contribution is -0.111. The van der Waals surface area contributed by atoms with Crippen molar-refractivity contribution < 1.29 is 17.6 Å². The van der Waals surface area contributed by atoms with Gasteiger partial charge in [0, 0.05) is 23.5 Å². The highest BCUT2D eigenvalue weighted by Crippen LogP contribution is 2.17. The highest BCUT2D eigenvalue weighted by molar-refractivity contribution is 7.92. The van der Waals surface area contributed by atoms with Crippen molar-refractivity contribution in [2.45, 2.75) is 4.90 Å². The van der Waals surface area contributed by atoms with Crippen LogP contribution in [0, 0.1) is 5.82 Å². The van der Waals surface area contributed by atoms with Crippen molar-refractivity contribution in [2.24, 2.45) is 0 Å². The summed E-state index contributed by atoms with van der Waals surface area (Å²) in [5.41, 5.74) is 0.694. The molecule has 0 radical (unpaired) electrons. The minimum atomic E-state index is -3.79. The number of halogens is 1. The fraction of sp³-hybridized carbons (Fsp3) is 0. The predicted molar refractivity (Wildman–Crippen MR) is 106 cm³/mol. The molecule has 2 N–H and O–H groups in total. The van der Waals surface area contributed by atoms with Gasteiger partial charge in [0.1, 0.15) is 11.6 Å². The van der Waals surface area contributed by atoms with Crippen molar-refractivity contribution in [2.75, 3.05) is 10.0 Å². The number of aromatic nitrogens is 1. The maximum atomic E-state index is 13.5. The number of pyridine rings is 1. The van der Waals surface area contributed by atoms with Gasteiger partial charge in [-0.2, -0.15) is 0 Å². The summed E-state index contributed by atoms with van der Waals surface area (Å²) < 4.78 is 40.6. The maximum absolute atomic E-state index is 13.5. The normalized spacial score (nSPS) is 11.3. The summed E-state index contributed by atoms with van der Waals surface area (Å²) in [6, 6.07) is 16.6. The van der Waals surface area contributed by atoms with Crippen molar-refractivity contribution in [3.05, 3.63) is 90.4 Å². The van der Waals surface area contributed by atoms with Crippen LogP contribution in [0.25, 0.3) is 6.08 Å². The Labute approximate surface area is 161 Å². The Morgan fingerprint density at radius 3 is 2.36 bits per heavy atom. The molecule has 0 spiro atoms. The van der Waals surface area contributed by atoms with Crippen LogP contribution in [0.5, 0.6) is 0 Å². The molecule has 0 aliphatic rings. The lowest BCUT2D eigenvalue weighted by Crippen LogP contribution is -2.14. The smallest absolute Gasteiger partial charge is 0.263 e. The van der Waals surface area contributed by atoms with E-state index in [0.717, 1.165) is 0 Å². The van der Waals surface area contributed by atoms with E-state index in [0.29, 0.717) is 11.3 Å². The van der Waals surface area contributed by atoms with Crippen molar-refractivity contribution in [1.82, 2.24) is 4.98 Å². The summed E-state index contributed by atoms with van der Waals surface area (Å²) in [4.78, 5) is 15.9. The average Bonchev–Trinajstić information content (AvgIpc) is 2.68. The van der Waals surface area contributed by atoms with Gasteiger partial charge in [0.2, 0.25) is 5.91 Å². The first kappa shape index (κ1) is 19.2. The zero-order valence-electron chi connectivity index (χ0n) is 14.5. The Bertz CT molecular complexity index is 1100. The minimum absolute atomic E-state index is 0.0260. The van der Waals surface area contributed by atoms with Crippen LogP contribution in [-0.4, -0.2) is 19.3 Å². The van der Waals surface area contributed by atoms with E-state index in [-0.39, 0.29) is 10.7 Å². The first-order chi connectivity index (χ1) is 13.4. The third-order valence-corrected chi connectivity index (χ3v) is 5.03. The summed E-state index contributed by atoms with van der Waals surface area (Å²) in [7, 11) is -3.79. The summed E-state index contributed by atoms with van der Waals surface area (Å²) >= 11 is 0. The summed E-state index contributed by atoms with van der Waals surface area (Å²) in [6.07, 6.45) is 4.04. The molecule has 6 nitrogen and oxygen atoms in total. The molecule has 28 heavy (non-hydrogen) atoms. The largest absolute Gasteiger partial charge is 0.323 e. The van der Waals surface area contributed by atoms with E-state index in [4.69, 9.17) is 0 Å². The molecule has 0 unspecified atom stereocenters. The second-order valence-corrected chi connectivity index (χ2v) is 7.37. The molecule has 1 amide bonds. The molecule has 0 bridgehead atoms. The van der Waals surface area contributed by atoms with Gasteiger partial charge in [0.05, 0.1) is 4.90 Å². The molecular weight excluding hydrogens is 381 g/mol. The van der Waals surface area contributed by atoms with E-state index in [1.807, 2.05) is 0 Å². The van der Waals surface area contributed by atoms with Crippen molar-refractivity contribution in [3.8, 4) is 0 Å². The Morgan fingerprint density at radius 2 is 1.68 bits per heavy atom. The molecular formula is C20H16FN3O3S. The molecule has 0 saturated heterocycles. The van der Waals surface area contributed by atoms with Gasteiger partial charge >= 0.3 is 0 Å². The van der Waals surface area contributed by atoms with Crippen LogP contribution in [0.2, 0.25) is 0 Å². The molecule has 1 aromatic heterocycles. The number of hydrogen-bond acceptors (Lipinski definition) is 4. The Balaban J connectivity index is 1.65. The molecule has 3 aromatic rings. The summed E-state index contributed by atoms with van der Waals surface area (Å²) in [5.74, 6) is -0.690. The van der Waals surface area contributed by atoms with E-state index in [1.165, 1.54) is 54.7 Å². The molecule has 0 aliphatic carbocycles. The highest BCUT2D eigenvalue weighted by atomic mass is 32.2. The molecule has 0 atom stereocenters. The molecule has 1 heterocycles. The maximum Gasteiger partial charge on any atom is 0.263 e. The average molecular weight is 397 g/mol. The van der Waals surface area contributed by atoms with Gasteiger partial charge in [-0.15, -0.1) is 0 Å². The fourth-order valence-electron chi connectivity index (χ4n) is 2.30. The molecule has 2 aromatic carbocycles. The van der Waals surface area contributed by atoms with E-state index >= 15 is 0 Å². The lowest BCUT2D eigenvalue weighted by atomic mass is 10.2. The van der Waals surface area contributed by atoms with Crippen LogP contribution in [0.3, 0.4) is 0 Å². The first-order valence-corrected chi connectivity index (χ1v) is 9.70. The second-order valence-electron chi connectivity index (χ2n) is 5.69. The zero-order valence-corrected chi connectivity index (χ0v) is 15.4. The minimum Gasteiger partial charge on any atom is -0.323 e. The molecule has 0 aliphatic heterocycles. The van der Waals surface area contributed by atoms with Crippen molar-refractivity contribution in [1.29, 1.82) is 0 Å². The van der Waals surface area contributed by atoms with Gasteiger partial charge in [-0.25, -0.2) is 17.8 Å². The van der Waals surface area contributed by atoms with Crippen LogP contribution in [0.1, 0.15) is 5.56 Å². The van der Waals surface area contributed by atoms with Crippen LogP contribution in [-0.2, 0) is 14.8 Å². The van der Waals surface area contributed by atoms with E-state index in [2.05, 4.69) is 15.0 Å². The van der Waals surface area contributed by atoms with Crippen LogP contribution >= 0.6 is 0 Å². The number of anilines is 2. The number of benzene rings is 2. The Morgan fingerprint density at radius 1 is 0.964 bits per heavy atom. The number of hydrogen-bond donors (Lipinski definition) is 2. The quantitative estimate of drug-likeness (QED) is 0.621. The third-order valence-electron chi connectivity index (χ3n) is 3.66. The van der Waals surface area contributed by atoms with Crippen LogP contribution in [0.15, 0.2) is 83.9 Å². The van der Waals surface area contributed by atoms with Crippen LogP contribution < -0.4 is 10.0 Å². The Hall–Kier alpha value is -3.52. The number of rotatable bonds is 6. The number of sulfonamides is 1. The zero-order chi connectivity index (χ0) is 20.0. The second kappa shape index (κ2) is 8.45.